The van der Waals surface area contributed by atoms with Crippen LogP contribution >= 0.6 is 0 Å². The van der Waals surface area contributed by atoms with Crippen molar-refractivity contribution in [1.82, 2.24) is 9.62 Å². The van der Waals surface area contributed by atoms with E-state index in [2.05, 4.69) is 5.32 Å². The van der Waals surface area contributed by atoms with E-state index in [1.165, 1.54) is 27.9 Å². The molecule has 0 aliphatic heterocycles. The van der Waals surface area contributed by atoms with Crippen molar-refractivity contribution < 1.29 is 18.3 Å². The van der Waals surface area contributed by atoms with Crippen LogP contribution in [0, 0.1) is 0 Å². The Morgan fingerprint density at radius 1 is 1.43 bits per heavy atom. The lowest BCUT2D eigenvalue weighted by Crippen LogP contribution is -2.49. The van der Waals surface area contributed by atoms with Crippen molar-refractivity contribution in [1.29, 1.82) is 0 Å². The summed E-state index contributed by atoms with van der Waals surface area (Å²) in [6.45, 7) is 3.03. The first-order chi connectivity index (χ1) is 6.07. The smallest absolute Gasteiger partial charge is 0.405 e. The van der Waals surface area contributed by atoms with Gasteiger partial charge in [0.05, 0.1) is 11.3 Å². The molecular weight excluding hydrogens is 208 g/mol. The Balaban J connectivity index is 4.59. The number of nitrogens with zero attached hydrogens (tertiary/aromatic N) is 1. The van der Waals surface area contributed by atoms with E-state index in [1.807, 2.05) is 0 Å². The average molecular weight is 224 g/mol. The van der Waals surface area contributed by atoms with E-state index in [4.69, 9.17) is 5.11 Å². The fourth-order valence-electron chi connectivity index (χ4n) is 0.911. The number of nitrogens with one attached hydrogen (secondary N) is 1. The molecule has 0 saturated carbocycles. The molecule has 0 bridgehead atoms. The molecule has 0 heterocycles. The summed E-state index contributed by atoms with van der Waals surface area (Å²) >= 11 is 0. The quantitative estimate of drug-likeness (QED) is 0.699. The van der Waals surface area contributed by atoms with E-state index in [9.17, 15) is 13.2 Å². The van der Waals surface area contributed by atoms with Crippen molar-refractivity contribution in [3.63, 3.8) is 0 Å². The first-order valence-corrected chi connectivity index (χ1v) is 5.59. The van der Waals surface area contributed by atoms with E-state index in [0.717, 1.165) is 4.31 Å². The minimum absolute atomic E-state index is 0.265. The summed E-state index contributed by atoms with van der Waals surface area (Å²) in [5.41, 5.74) is -0.991. The minimum Gasteiger partial charge on any atom is -0.465 e. The molecule has 14 heavy (non-hydrogen) atoms. The molecule has 0 unspecified atom stereocenters. The Bertz CT molecular complexity index is 308. The Kier molecular flexibility index (Phi) is 3.90. The third-order valence-corrected chi connectivity index (χ3v) is 3.74. The van der Waals surface area contributed by atoms with Gasteiger partial charge in [-0.2, -0.15) is 0 Å². The topological polar surface area (TPSA) is 86.7 Å². The van der Waals surface area contributed by atoms with E-state index in [0.29, 0.717) is 0 Å². The highest BCUT2D eigenvalue weighted by molar-refractivity contribution is 7.89. The predicted molar refractivity (Wildman–Crippen MR) is 52.7 cm³/mol. The molecule has 7 heteroatoms. The van der Waals surface area contributed by atoms with Crippen LogP contribution in [0.2, 0.25) is 0 Å². The van der Waals surface area contributed by atoms with Crippen LogP contribution < -0.4 is 5.32 Å². The number of sulfonamides is 1. The van der Waals surface area contributed by atoms with Crippen molar-refractivity contribution in [2.24, 2.45) is 0 Å². The third-order valence-electron chi connectivity index (χ3n) is 1.54. The summed E-state index contributed by atoms with van der Waals surface area (Å²) in [7, 11) is -0.576. The van der Waals surface area contributed by atoms with Gasteiger partial charge in [-0.25, -0.2) is 17.5 Å². The molecule has 0 aromatic heterocycles. The first kappa shape index (κ1) is 13.2. The molecule has 2 N–H and O–H groups in total. The van der Waals surface area contributed by atoms with Crippen molar-refractivity contribution in [3.8, 4) is 0 Å². The fourth-order valence-corrected chi connectivity index (χ4v) is 2.15. The zero-order chi connectivity index (χ0) is 11.6. The maximum absolute atomic E-state index is 11.4. The highest BCUT2D eigenvalue weighted by Crippen LogP contribution is 2.08. The molecule has 0 fully saturated rings. The van der Waals surface area contributed by atoms with Gasteiger partial charge in [-0.15, -0.1) is 0 Å². The molecule has 0 atom stereocenters. The molecule has 0 rings (SSSR count). The van der Waals surface area contributed by atoms with Crippen LogP contribution in [0.5, 0.6) is 0 Å². The minimum atomic E-state index is -3.39. The van der Waals surface area contributed by atoms with Crippen LogP contribution in [-0.4, -0.2) is 49.3 Å². The standard InChI is InChI=1S/C7H16N2O4S/c1-7(2,8-6(10)11)5-14(12,13)9(3)4/h8H,5H2,1-4H3,(H,10,11). The molecule has 0 saturated heterocycles. The van der Waals surface area contributed by atoms with E-state index in [1.54, 1.807) is 0 Å². The van der Waals surface area contributed by atoms with Gasteiger partial charge in [0.1, 0.15) is 0 Å². The molecule has 6 nitrogen and oxygen atoms in total. The lowest BCUT2D eigenvalue weighted by Gasteiger charge is -2.25. The summed E-state index contributed by atoms with van der Waals surface area (Å²) < 4.78 is 23.9. The maximum Gasteiger partial charge on any atom is 0.405 e. The maximum atomic E-state index is 11.4. The van der Waals surface area contributed by atoms with Gasteiger partial charge in [-0.05, 0) is 13.8 Å². The van der Waals surface area contributed by atoms with E-state index in [-0.39, 0.29) is 5.75 Å². The largest absolute Gasteiger partial charge is 0.465 e. The van der Waals surface area contributed by atoms with Crippen LogP contribution in [0.15, 0.2) is 0 Å². The van der Waals surface area contributed by atoms with Crippen LogP contribution in [0.1, 0.15) is 13.8 Å². The summed E-state index contributed by atoms with van der Waals surface area (Å²) in [5.74, 6) is -0.265. The highest BCUT2D eigenvalue weighted by atomic mass is 32.2. The number of hydrogen-bond acceptors (Lipinski definition) is 3. The lowest BCUT2D eigenvalue weighted by atomic mass is 10.1. The molecule has 0 aromatic carbocycles. The zero-order valence-corrected chi connectivity index (χ0v) is 9.55. The number of hydrogen-bond donors (Lipinski definition) is 2. The number of rotatable bonds is 4. The lowest BCUT2D eigenvalue weighted by molar-refractivity contribution is 0.184. The second-order valence-corrected chi connectivity index (χ2v) is 6.04. The van der Waals surface area contributed by atoms with E-state index < -0.39 is 21.7 Å². The molecule has 0 aromatic rings. The summed E-state index contributed by atoms with van der Waals surface area (Å²) in [6, 6.07) is 0. The SMILES string of the molecule is CN(C)S(=O)(=O)CC(C)(C)NC(=O)O. The van der Waals surface area contributed by atoms with Gasteiger partial charge in [0.25, 0.3) is 0 Å². The Morgan fingerprint density at radius 2 is 1.86 bits per heavy atom. The first-order valence-electron chi connectivity index (χ1n) is 3.98. The highest BCUT2D eigenvalue weighted by Gasteiger charge is 2.28. The number of carboxylic acid groups (broad SMARTS) is 1. The second-order valence-electron chi connectivity index (χ2n) is 3.85. The molecule has 0 radical (unpaired) electrons. The summed E-state index contributed by atoms with van der Waals surface area (Å²) in [4.78, 5) is 10.4. The normalized spacial score (nSPS) is 12.9. The Labute approximate surface area is 84.0 Å². The van der Waals surface area contributed by atoms with Gasteiger partial charge in [0, 0.05) is 14.1 Å². The number of carbonyl (C=O) groups is 1. The van der Waals surface area contributed by atoms with Crippen LogP contribution in [0.4, 0.5) is 4.79 Å². The van der Waals surface area contributed by atoms with Crippen molar-refractivity contribution in [2.75, 3.05) is 19.8 Å². The molecule has 0 aliphatic carbocycles. The van der Waals surface area contributed by atoms with E-state index >= 15 is 0 Å². The van der Waals surface area contributed by atoms with Crippen molar-refractivity contribution in [2.45, 2.75) is 19.4 Å². The fraction of sp³-hybridized carbons (Fsp3) is 0.857. The third kappa shape index (κ3) is 4.43. The van der Waals surface area contributed by atoms with Gasteiger partial charge in [-0.3, -0.25) is 0 Å². The predicted octanol–water partition coefficient (Wildman–Crippen LogP) is -0.0760. The summed E-state index contributed by atoms with van der Waals surface area (Å²) in [5, 5.41) is 10.6. The zero-order valence-electron chi connectivity index (χ0n) is 8.73. The Hall–Kier alpha value is -0.820. The van der Waals surface area contributed by atoms with Crippen molar-refractivity contribution >= 4 is 16.1 Å². The van der Waals surface area contributed by atoms with Crippen molar-refractivity contribution in [3.05, 3.63) is 0 Å². The van der Waals surface area contributed by atoms with Crippen LogP contribution in [0.25, 0.3) is 0 Å². The molecule has 84 valence electrons. The molecule has 0 aliphatic rings. The van der Waals surface area contributed by atoms with Gasteiger partial charge in [0.15, 0.2) is 0 Å². The van der Waals surface area contributed by atoms with Gasteiger partial charge < -0.3 is 10.4 Å². The second kappa shape index (κ2) is 4.14. The van der Waals surface area contributed by atoms with Gasteiger partial charge in [-0.1, -0.05) is 0 Å². The number of amides is 1. The molecule has 0 spiro atoms. The Morgan fingerprint density at radius 3 is 2.14 bits per heavy atom. The molecule has 1 amide bonds. The molecular formula is C7H16N2O4S. The van der Waals surface area contributed by atoms with Crippen LogP contribution in [0.3, 0.4) is 0 Å². The monoisotopic (exact) mass is 224 g/mol. The summed E-state index contributed by atoms with van der Waals surface area (Å²) in [6.07, 6.45) is -1.23. The van der Waals surface area contributed by atoms with Crippen LogP contribution in [-0.2, 0) is 10.0 Å². The van der Waals surface area contributed by atoms with Gasteiger partial charge in [0.2, 0.25) is 10.0 Å². The van der Waals surface area contributed by atoms with Gasteiger partial charge >= 0.3 is 6.09 Å². The average Bonchev–Trinajstić information content (AvgIpc) is 1.79.